The number of anilines is 2. The van der Waals surface area contributed by atoms with Gasteiger partial charge in [0.2, 0.25) is 5.91 Å². The molecule has 17 heavy (non-hydrogen) atoms. The average Bonchev–Trinajstić information content (AvgIpc) is 2.83. The van der Waals surface area contributed by atoms with E-state index in [1.54, 1.807) is 0 Å². The first-order chi connectivity index (χ1) is 8.10. The lowest BCUT2D eigenvalue weighted by Gasteiger charge is -2.16. The van der Waals surface area contributed by atoms with Crippen LogP contribution in [0, 0.1) is 11.3 Å². The van der Waals surface area contributed by atoms with Crippen LogP contribution in [0.3, 0.4) is 0 Å². The lowest BCUT2D eigenvalue weighted by Crippen LogP contribution is -2.35. The van der Waals surface area contributed by atoms with Crippen LogP contribution in [0.1, 0.15) is 18.2 Å². The topological polar surface area (TPSA) is 82.2 Å². The normalized spacial score (nSPS) is 19.1. The van der Waals surface area contributed by atoms with E-state index >= 15 is 0 Å². The standard InChI is InChI=1S/C11H14N4OS/c1-7(16)14-8-2-3-15(6-8)11-4-9(13)10(5-12)17-11/h4,8H,2-3,6,13H2,1H3,(H,14,16). The van der Waals surface area contributed by atoms with Crippen LogP contribution in [0.5, 0.6) is 0 Å². The van der Waals surface area contributed by atoms with Crippen molar-refractivity contribution in [2.45, 2.75) is 19.4 Å². The van der Waals surface area contributed by atoms with E-state index in [-0.39, 0.29) is 11.9 Å². The summed E-state index contributed by atoms with van der Waals surface area (Å²) in [7, 11) is 0. The van der Waals surface area contributed by atoms with Crippen molar-refractivity contribution in [1.82, 2.24) is 5.32 Å². The van der Waals surface area contributed by atoms with Gasteiger partial charge in [-0.15, -0.1) is 11.3 Å². The summed E-state index contributed by atoms with van der Waals surface area (Å²) in [6, 6.07) is 4.11. The van der Waals surface area contributed by atoms with Gasteiger partial charge < -0.3 is 16.0 Å². The minimum Gasteiger partial charge on any atom is -0.397 e. The number of nitrogens with one attached hydrogen (secondary N) is 1. The molecule has 1 aromatic rings. The van der Waals surface area contributed by atoms with Crippen molar-refractivity contribution in [2.75, 3.05) is 23.7 Å². The summed E-state index contributed by atoms with van der Waals surface area (Å²) in [5.74, 6) is 0.000238. The Labute approximate surface area is 104 Å². The van der Waals surface area contributed by atoms with Gasteiger partial charge in [-0.3, -0.25) is 4.79 Å². The molecule has 5 nitrogen and oxygen atoms in total. The molecule has 0 aromatic carbocycles. The summed E-state index contributed by atoms with van der Waals surface area (Å²) in [5, 5.41) is 12.8. The van der Waals surface area contributed by atoms with Gasteiger partial charge in [0.25, 0.3) is 0 Å². The van der Waals surface area contributed by atoms with Crippen molar-refractivity contribution in [1.29, 1.82) is 5.26 Å². The fraction of sp³-hybridized carbons (Fsp3) is 0.455. The number of hydrogen-bond donors (Lipinski definition) is 2. The second kappa shape index (κ2) is 4.63. The number of nitrogen functional groups attached to an aromatic ring is 1. The number of hydrogen-bond acceptors (Lipinski definition) is 5. The molecular formula is C11H14N4OS. The van der Waals surface area contributed by atoms with Gasteiger partial charge in [-0.25, -0.2) is 0 Å². The highest BCUT2D eigenvalue weighted by Gasteiger charge is 2.24. The Kier molecular flexibility index (Phi) is 3.20. The predicted octanol–water partition coefficient (Wildman–Crippen LogP) is 0.917. The van der Waals surface area contributed by atoms with Crippen LogP contribution in [0.4, 0.5) is 10.7 Å². The Hall–Kier alpha value is -1.74. The summed E-state index contributed by atoms with van der Waals surface area (Å²) in [4.78, 5) is 13.7. The third-order valence-electron chi connectivity index (χ3n) is 2.76. The fourth-order valence-corrected chi connectivity index (χ4v) is 2.91. The predicted molar refractivity (Wildman–Crippen MR) is 67.9 cm³/mol. The number of thiophene rings is 1. The van der Waals surface area contributed by atoms with Crippen LogP contribution >= 0.6 is 11.3 Å². The quantitative estimate of drug-likeness (QED) is 0.817. The van der Waals surface area contributed by atoms with Gasteiger partial charge in [-0.2, -0.15) is 5.26 Å². The number of nitrogens with two attached hydrogens (primary N) is 1. The van der Waals surface area contributed by atoms with Crippen LogP contribution in [-0.4, -0.2) is 25.0 Å². The molecule has 1 saturated heterocycles. The Morgan fingerprint density at radius 3 is 3.12 bits per heavy atom. The van der Waals surface area contributed by atoms with Crippen molar-refractivity contribution in [2.24, 2.45) is 0 Å². The van der Waals surface area contributed by atoms with Crippen molar-refractivity contribution in [3.63, 3.8) is 0 Å². The maximum absolute atomic E-state index is 11.0. The minimum atomic E-state index is 0.000238. The van der Waals surface area contributed by atoms with Crippen LogP contribution in [0.25, 0.3) is 0 Å². The summed E-state index contributed by atoms with van der Waals surface area (Å²) in [6.45, 7) is 3.19. The molecule has 0 radical (unpaired) electrons. The fourth-order valence-electron chi connectivity index (χ4n) is 2.00. The second-order valence-electron chi connectivity index (χ2n) is 4.11. The first kappa shape index (κ1) is 11.7. The number of nitrogens with zero attached hydrogens (tertiary/aromatic N) is 2. The highest BCUT2D eigenvalue weighted by atomic mass is 32.1. The highest BCUT2D eigenvalue weighted by molar-refractivity contribution is 7.17. The van der Waals surface area contributed by atoms with E-state index in [0.29, 0.717) is 10.6 Å². The van der Waals surface area contributed by atoms with Crippen LogP contribution in [-0.2, 0) is 4.79 Å². The smallest absolute Gasteiger partial charge is 0.217 e. The number of carbonyl (C=O) groups excluding carboxylic acids is 1. The van der Waals surface area contributed by atoms with Gasteiger partial charge in [-0.05, 0) is 12.5 Å². The molecule has 1 atom stereocenters. The molecule has 2 rings (SSSR count). The molecule has 0 bridgehead atoms. The van der Waals surface area contributed by atoms with E-state index < -0.39 is 0 Å². The molecule has 0 spiro atoms. The van der Waals surface area contributed by atoms with Gasteiger partial charge in [0.15, 0.2) is 0 Å². The monoisotopic (exact) mass is 250 g/mol. The molecular weight excluding hydrogens is 236 g/mol. The largest absolute Gasteiger partial charge is 0.397 e. The first-order valence-corrected chi connectivity index (χ1v) is 6.23. The first-order valence-electron chi connectivity index (χ1n) is 5.41. The number of nitriles is 1. The summed E-state index contributed by atoms with van der Waals surface area (Å²) in [6.07, 6.45) is 0.930. The van der Waals surface area contributed by atoms with E-state index in [9.17, 15) is 4.79 Å². The third-order valence-corrected chi connectivity index (χ3v) is 3.87. The Balaban J connectivity index is 2.05. The van der Waals surface area contributed by atoms with Crippen molar-refractivity contribution in [3.8, 4) is 6.07 Å². The van der Waals surface area contributed by atoms with E-state index in [0.717, 1.165) is 24.5 Å². The molecule has 1 aromatic heterocycles. The SMILES string of the molecule is CC(=O)NC1CCN(c2cc(N)c(C#N)s2)C1. The summed E-state index contributed by atoms with van der Waals surface area (Å²) in [5.41, 5.74) is 6.26. The number of amides is 1. The van der Waals surface area contributed by atoms with E-state index in [4.69, 9.17) is 11.0 Å². The zero-order chi connectivity index (χ0) is 12.4. The lowest BCUT2D eigenvalue weighted by atomic mass is 10.3. The van der Waals surface area contributed by atoms with Crippen molar-refractivity contribution < 1.29 is 4.79 Å². The molecule has 1 fully saturated rings. The second-order valence-corrected chi connectivity index (χ2v) is 5.14. The molecule has 1 aliphatic heterocycles. The maximum Gasteiger partial charge on any atom is 0.217 e. The highest BCUT2D eigenvalue weighted by Crippen LogP contribution is 2.33. The van der Waals surface area contributed by atoms with Crippen LogP contribution in [0.15, 0.2) is 6.07 Å². The molecule has 0 aliphatic carbocycles. The van der Waals surface area contributed by atoms with Gasteiger partial charge in [0, 0.05) is 26.1 Å². The number of rotatable bonds is 2. The van der Waals surface area contributed by atoms with E-state index in [1.165, 1.54) is 18.3 Å². The molecule has 2 heterocycles. The molecule has 0 saturated carbocycles. The Morgan fingerprint density at radius 2 is 2.53 bits per heavy atom. The molecule has 1 unspecified atom stereocenters. The molecule has 6 heteroatoms. The lowest BCUT2D eigenvalue weighted by molar-refractivity contribution is -0.119. The van der Waals surface area contributed by atoms with Gasteiger partial charge in [0.05, 0.1) is 10.7 Å². The Bertz CT molecular complexity index is 476. The van der Waals surface area contributed by atoms with Gasteiger partial charge in [0.1, 0.15) is 10.9 Å². The minimum absolute atomic E-state index is 0.000238. The molecule has 1 amide bonds. The summed E-state index contributed by atoms with van der Waals surface area (Å²) < 4.78 is 0. The van der Waals surface area contributed by atoms with Crippen LogP contribution in [0.2, 0.25) is 0 Å². The van der Waals surface area contributed by atoms with E-state index in [1.807, 2.05) is 6.07 Å². The van der Waals surface area contributed by atoms with Crippen molar-refractivity contribution >= 4 is 27.9 Å². The maximum atomic E-state index is 11.0. The van der Waals surface area contributed by atoms with Gasteiger partial charge in [-0.1, -0.05) is 0 Å². The third kappa shape index (κ3) is 2.50. The molecule has 90 valence electrons. The zero-order valence-electron chi connectivity index (χ0n) is 9.56. The van der Waals surface area contributed by atoms with Crippen molar-refractivity contribution in [3.05, 3.63) is 10.9 Å². The molecule has 3 N–H and O–H groups in total. The summed E-state index contributed by atoms with van der Waals surface area (Å²) >= 11 is 1.40. The molecule has 1 aliphatic rings. The van der Waals surface area contributed by atoms with E-state index in [2.05, 4.69) is 16.3 Å². The average molecular weight is 250 g/mol. The Morgan fingerprint density at radius 1 is 1.76 bits per heavy atom. The van der Waals surface area contributed by atoms with Crippen LogP contribution < -0.4 is 16.0 Å². The zero-order valence-corrected chi connectivity index (χ0v) is 10.4. The van der Waals surface area contributed by atoms with Gasteiger partial charge >= 0.3 is 0 Å². The number of carbonyl (C=O) groups is 1.